The Bertz CT molecular complexity index is 392. The monoisotopic (exact) mass is 231 g/mol. The number of aromatic nitrogens is 1. The molecule has 0 aliphatic carbocycles. The summed E-state index contributed by atoms with van der Waals surface area (Å²) < 4.78 is 25.5. The molecular weight excluding hydrogens is 216 g/mol. The quantitative estimate of drug-likeness (QED) is 0.808. The minimum atomic E-state index is -2.36. The predicted molar refractivity (Wildman–Crippen MR) is 58.6 cm³/mol. The number of rotatable bonds is 5. The first-order valence-electron chi connectivity index (χ1n) is 4.91. The average molecular weight is 231 g/mol. The van der Waals surface area contributed by atoms with Crippen LogP contribution >= 0.6 is 0 Å². The van der Waals surface area contributed by atoms with E-state index in [0.717, 1.165) is 0 Å². The Labute approximate surface area is 92.3 Å². The van der Waals surface area contributed by atoms with Gasteiger partial charge in [-0.3, -0.25) is 9.69 Å². The zero-order chi connectivity index (χ0) is 12.1. The second-order valence-corrected chi connectivity index (χ2v) is 3.65. The molecule has 0 radical (unpaired) electrons. The summed E-state index contributed by atoms with van der Waals surface area (Å²) in [4.78, 5) is 12.8. The van der Waals surface area contributed by atoms with Gasteiger partial charge in [-0.05, 0) is 13.1 Å². The van der Waals surface area contributed by atoms with E-state index in [2.05, 4.69) is 0 Å². The van der Waals surface area contributed by atoms with Gasteiger partial charge in [-0.15, -0.1) is 0 Å². The van der Waals surface area contributed by atoms with E-state index >= 15 is 0 Å². The van der Waals surface area contributed by atoms with Crippen LogP contribution in [-0.4, -0.2) is 36.0 Å². The molecule has 2 N–H and O–H groups in total. The van der Waals surface area contributed by atoms with Crippen LogP contribution < -0.4 is 11.3 Å². The SMILES string of the molecule is CN(CCn1cc(N)ccc1=O)CC(F)F. The molecule has 1 heterocycles. The Morgan fingerprint density at radius 3 is 2.81 bits per heavy atom. The van der Waals surface area contributed by atoms with E-state index in [9.17, 15) is 13.6 Å². The number of hydrogen-bond donors (Lipinski definition) is 1. The Kier molecular flexibility index (Phi) is 4.42. The van der Waals surface area contributed by atoms with Gasteiger partial charge in [0.25, 0.3) is 12.0 Å². The van der Waals surface area contributed by atoms with Crippen molar-refractivity contribution in [3.63, 3.8) is 0 Å². The van der Waals surface area contributed by atoms with E-state index < -0.39 is 6.43 Å². The van der Waals surface area contributed by atoms with Gasteiger partial charge < -0.3 is 10.3 Å². The highest BCUT2D eigenvalue weighted by atomic mass is 19.3. The molecule has 6 heteroatoms. The second kappa shape index (κ2) is 5.60. The molecule has 0 amide bonds. The molecule has 0 fully saturated rings. The summed E-state index contributed by atoms with van der Waals surface area (Å²) in [6.45, 7) is 0.442. The highest BCUT2D eigenvalue weighted by Crippen LogP contribution is 1.98. The lowest BCUT2D eigenvalue weighted by molar-refractivity contribution is 0.0987. The van der Waals surface area contributed by atoms with Crippen LogP contribution in [0.2, 0.25) is 0 Å². The summed E-state index contributed by atoms with van der Waals surface area (Å²) in [5, 5.41) is 0. The summed E-state index contributed by atoms with van der Waals surface area (Å²) in [6.07, 6.45) is -0.846. The van der Waals surface area contributed by atoms with Crippen molar-refractivity contribution in [2.75, 3.05) is 25.9 Å². The van der Waals surface area contributed by atoms with Crippen LogP contribution in [0.25, 0.3) is 0 Å². The lowest BCUT2D eigenvalue weighted by Gasteiger charge is -2.16. The molecule has 0 aliphatic rings. The van der Waals surface area contributed by atoms with Crippen LogP contribution in [0.15, 0.2) is 23.1 Å². The van der Waals surface area contributed by atoms with Crippen molar-refractivity contribution in [2.45, 2.75) is 13.0 Å². The molecule has 0 unspecified atom stereocenters. The van der Waals surface area contributed by atoms with Crippen molar-refractivity contribution >= 4 is 5.69 Å². The van der Waals surface area contributed by atoms with E-state index in [4.69, 9.17) is 5.73 Å². The number of anilines is 1. The number of nitrogen functional groups attached to an aromatic ring is 1. The molecule has 0 aliphatic heterocycles. The van der Waals surface area contributed by atoms with Crippen molar-refractivity contribution in [1.29, 1.82) is 0 Å². The van der Waals surface area contributed by atoms with Crippen molar-refractivity contribution in [3.8, 4) is 0 Å². The minimum absolute atomic E-state index is 0.181. The first kappa shape index (κ1) is 12.6. The zero-order valence-electron chi connectivity index (χ0n) is 9.07. The Morgan fingerprint density at radius 2 is 2.19 bits per heavy atom. The van der Waals surface area contributed by atoms with Crippen LogP contribution in [0.3, 0.4) is 0 Å². The number of nitrogens with two attached hydrogens (primary N) is 1. The molecule has 0 atom stereocenters. The van der Waals surface area contributed by atoms with Crippen molar-refractivity contribution in [2.24, 2.45) is 0 Å². The first-order chi connectivity index (χ1) is 7.49. The average Bonchev–Trinajstić information content (AvgIpc) is 2.18. The molecular formula is C10H15F2N3O. The van der Waals surface area contributed by atoms with Crippen LogP contribution in [0, 0.1) is 0 Å². The van der Waals surface area contributed by atoms with Crippen LogP contribution in [0.5, 0.6) is 0 Å². The molecule has 0 aromatic carbocycles. The van der Waals surface area contributed by atoms with Gasteiger partial charge in [0.2, 0.25) is 0 Å². The van der Waals surface area contributed by atoms with E-state index in [1.165, 1.54) is 27.8 Å². The van der Waals surface area contributed by atoms with E-state index in [1.807, 2.05) is 0 Å². The summed E-state index contributed by atoms with van der Waals surface area (Å²) in [7, 11) is 1.59. The number of alkyl halides is 2. The summed E-state index contributed by atoms with van der Waals surface area (Å²) >= 11 is 0. The lowest BCUT2D eigenvalue weighted by atomic mass is 10.4. The standard InChI is InChI=1S/C10H15F2N3O/c1-14(7-9(11)12)4-5-15-6-8(13)2-3-10(15)16/h2-3,6,9H,4-5,7,13H2,1H3. The van der Waals surface area contributed by atoms with Crippen molar-refractivity contribution in [1.82, 2.24) is 9.47 Å². The molecule has 1 aromatic heterocycles. The highest BCUT2D eigenvalue weighted by molar-refractivity contribution is 5.33. The molecule has 0 spiro atoms. The van der Waals surface area contributed by atoms with Crippen LogP contribution in [0.1, 0.15) is 0 Å². The number of halogens is 2. The third kappa shape index (κ3) is 3.98. The third-order valence-corrected chi connectivity index (χ3v) is 2.18. The largest absolute Gasteiger partial charge is 0.398 e. The molecule has 1 rings (SSSR count). The molecule has 0 saturated heterocycles. The van der Waals surface area contributed by atoms with Crippen LogP contribution in [0.4, 0.5) is 14.5 Å². The topological polar surface area (TPSA) is 51.3 Å². The number of likely N-dealkylation sites (N-methyl/N-ethyl adjacent to an activating group) is 1. The normalized spacial score (nSPS) is 11.3. The van der Waals surface area contributed by atoms with Gasteiger partial charge in [0, 0.05) is 31.0 Å². The number of pyridine rings is 1. The Balaban J connectivity index is 2.54. The fourth-order valence-corrected chi connectivity index (χ4v) is 1.33. The summed E-state index contributed by atoms with van der Waals surface area (Å²) in [5.74, 6) is 0. The van der Waals surface area contributed by atoms with Gasteiger partial charge >= 0.3 is 0 Å². The molecule has 1 aromatic rings. The van der Waals surface area contributed by atoms with Gasteiger partial charge in [-0.1, -0.05) is 0 Å². The summed E-state index contributed by atoms with van der Waals surface area (Å²) in [5.41, 5.74) is 5.82. The Morgan fingerprint density at radius 1 is 1.50 bits per heavy atom. The van der Waals surface area contributed by atoms with Crippen molar-refractivity contribution in [3.05, 3.63) is 28.7 Å². The zero-order valence-corrected chi connectivity index (χ0v) is 9.07. The maximum absolute atomic E-state index is 12.0. The van der Waals surface area contributed by atoms with Gasteiger partial charge in [-0.25, -0.2) is 8.78 Å². The minimum Gasteiger partial charge on any atom is -0.398 e. The molecule has 90 valence electrons. The number of nitrogens with zero attached hydrogens (tertiary/aromatic N) is 2. The third-order valence-electron chi connectivity index (χ3n) is 2.18. The molecule has 0 saturated carbocycles. The molecule has 0 bridgehead atoms. The molecule has 16 heavy (non-hydrogen) atoms. The van der Waals surface area contributed by atoms with Crippen molar-refractivity contribution < 1.29 is 8.78 Å². The first-order valence-corrected chi connectivity index (χ1v) is 4.91. The smallest absolute Gasteiger partial charge is 0.251 e. The fraction of sp³-hybridized carbons (Fsp3) is 0.500. The maximum Gasteiger partial charge on any atom is 0.251 e. The second-order valence-electron chi connectivity index (χ2n) is 3.65. The number of hydrogen-bond acceptors (Lipinski definition) is 3. The maximum atomic E-state index is 12.0. The van der Waals surface area contributed by atoms with E-state index in [0.29, 0.717) is 18.8 Å². The van der Waals surface area contributed by atoms with Gasteiger partial charge in [0.05, 0.1) is 6.54 Å². The predicted octanol–water partition coefficient (Wildman–Crippen LogP) is 0.627. The van der Waals surface area contributed by atoms with Gasteiger partial charge in [0.15, 0.2) is 0 Å². The van der Waals surface area contributed by atoms with E-state index in [1.54, 1.807) is 7.05 Å². The Hall–Kier alpha value is -1.43. The highest BCUT2D eigenvalue weighted by Gasteiger charge is 2.07. The van der Waals surface area contributed by atoms with Gasteiger partial charge in [0.1, 0.15) is 0 Å². The lowest BCUT2D eigenvalue weighted by Crippen LogP contribution is -2.31. The molecule has 4 nitrogen and oxygen atoms in total. The van der Waals surface area contributed by atoms with Crippen LogP contribution in [-0.2, 0) is 6.54 Å². The fourth-order valence-electron chi connectivity index (χ4n) is 1.33. The summed E-state index contributed by atoms with van der Waals surface area (Å²) in [6, 6.07) is 2.88. The van der Waals surface area contributed by atoms with E-state index in [-0.39, 0.29) is 12.1 Å². The van der Waals surface area contributed by atoms with Gasteiger partial charge in [-0.2, -0.15) is 0 Å².